The molecule has 2 rings (SSSR count). The topological polar surface area (TPSA) is 32.3 Å². The maximum absolute atomic E-state index is 11.1. The van der Waals surface area contributed by atoms with E-state index in [4.69, 9.17) is 0 Å². The fraction of sp³-hybridized carbons (Fsp3) is 0.643. The second-order valence-electron chi connectivity index (χ2n) is 4.55. The molecule has 3 heteroatoms. The SMILES string of the molecule is C=CC1CCCCNC1=O.C=CN1CCCC1. The van der Waals surface area contributed by atoms with E-state index in [0.29, 0.717) is 0 Å². The summed E-state index contributed by atoms with van der Waals surface area (Å²) in [6, 6.07) is 0. The molecule has 0 spiro atoms. The van der Waals surface area contributed by atoms with Crippen LogP contribution in [0, 0.1) is 5.92 Å². The van der Waals surface area contributed by atoms with Crippen molar-refractivity contribution in [2.24, 2.45) is 5.92 Å². The summed E-state index contributed by atoms with van der Waals surface area (Å²) in [6.07, 6.45) is 9.58. The Morgan fingerprint density at radius 3 is 2.41 bits per heavy atom. The first-order valence-corrected chi connectivity index (χ1v) is 6.55. The number of hydrogen-bond donors (Lipinski definition) is 1. The van der Waals surface area contributed by atoms with Crippen LogP contribution in [0.2, 0.25) is 0 Å². The Balaban J connectivity index is 0.000000181. The van der Waals surface area contributed by atoms with Crippen LogP contribution in [-0.2, 0) is 4.79 Å². The number of hydrogen-bond acceptors (Lipinski definition) is 2. The molecule has 2 fully saturated rings. The van der Waals surface area contributed by atoms with Gasteiger partial charge in [0.05, 0.1) is 5.92 Å². The molecule has 2 aliphatic rings. The Bertz CT molecular complexity index is 257. The van der Waals surface area contributed by atoms with Crippen molar-refractivity contribution in [2.75, 3.05) is 19.6 Å². The van der Waals surface area contributed by atoms with Crippen molar-refractivity contribution >= 4 is 5.91 Å². The number of nitrogens with one attached hydrogen (secondary N) is 1. The van der Waals surface area contributed by atoms with Gasteiger partial charge in [-0.05, 0) is 31.9 Å². The molecule has 0 saturated carbocycles. The van der Waals surface area contributed by atoms with Gasteiger partial charge in [0.15, 0.2) is 0 Å². The molecular weight excluding hydrogens is 212 g/mol. The van der Waals surface area contributed by atoms with Crippen LogP contribution in [-0.4, -0.2) is 30.4 Å². The van der Waals surface area contributed by atoms with E-state index in [0.717, 1.165) is 25.8 Å². The average molecular weight is 236 g/mol. The summed E-state index contributed by atoms with van der Waals surface area (Å²) >= 11 is 0. The maximum Gasteiger partial charge on any atom is 0.226 e. The van der Waals surface area contributed by atoms with E-state index in [2.05, 4.69) is 23.4 Å². The van der Waals surface area contributed by atoms with Crippen molar-refractivity contribution in [1.29, 1.82) is 0 Å². The van der Waals surface area contributed by atoms with Gasteiger partial charge in [-0.1, -0.05) is 19.1 Å². The van der Waals surface area contributed by atoms with E-state index < -0.39 is 0 Å². The molecule has 2 saturated heterocycles. The third kappa shape index (κ3) is 5.07. The highest BCUT2D eigenvalue weighted by Crippen LogP contribution is 2.12. The van der Waals surface area contributed by atoms with E-state index >= 15 is 0 Å². The fourth-order valence-electron chi connectivity index (χ4n) is 2.11. The van der Waals surface area contributed by atoms with E-state index in [-0.39, 0.29) is 11.8 Å². The van der Waals surface area contributed by atoms with Gasteiger partial charge < -0.3 is 10.2 Å². The summed E-state index contributed by atoms with van der Waals surface area (Å²) in [5.74, 6) is 0.204. The number of nitrogens with zero attached hydrogens (tertiary/aromatic N) is 1. The molecule has 1 N–H and O–H groups in total. The molecule has 0 aromatic carbocycles. The minimum Gasteiger partial charge on any atom is -0.378 e. The second-order valence-corrected chi connectivity index (χ2v) is 4.55. The van der Waals surface area contributed by atoms with Crippen LogP contribution < -0.4 is 5.32 Å². The van der Waals surface area contributed by atoms with Crippen LogP contribution >= 0.6 is 0 Å². The lowest BCUT2D eigenvalue weighted by Gasteiger charge is -2.07. The Hall–Kier alpha value is -1.25. The molecule has 1 amide bonds. The highest BCUT2D eigenvalue weighted by atomic mass is 16.1. The standard InChI is InChI=1S/C8H13NO.C6H11N/c1-2-7-5-3-4-6-9-8(7)10;1-2-7-5-3-4-6-7/h2,7H,1,3-6H2,(H,9,10);2H,1,3-6H2. The van der Waals surface area contributed by atoms with Crippen LogP contribution in [0.25, 0.3) is 0 Å². The molecule has 0 radical (unpaired) electrons. The molecule has 2 heterocycles. The van der Waals surface area contributed by atoms with E-state index in [1.165, 1.54) is 25.9 Å². The first-order valence-electron chi connectivity index (χ1n) is 6.55. The predicted molar refractivity (Wildman–Crippen MR) is 71.6 cm³/mol. The molecule has 0 bridgehead atoms. The van der Waals surface area contributed by atoms with Crippen LogP contribution in [0.4, 0.5) is 0 Å². The number of amides is 1. The second kappa shape index (κ2) is 7.93. The van der Waals surface area contributed by atoms with E-state index in [1.807, 2.05) is 6.20 Å². The van der Waals surface area contributed by atoms with Gasteiger partial charge in [-0.15, -0.1) is 6.58 Å². The van der Waals surface area contributed by atoms with E-state index in [1.54, 1.807) is 6.08 Å². The minimum absolute atomic E-state index is 0.0579. The molecule has 0 aliphatic carbocycles. The Morgan fingerprint density at radius 2 is 1.88 bits per heavy atom. The third-order valence-corrected chi connectivity index (χ3v) is 3.26. The first kappa shape index (κ1) is 13.8. The van der Waals surface area contributed by atoms with E-state index in [9.17, 15) is 4.79 Å². The highest BCUT2D eigenvalue weighted by molar-refractivity contribution is 5.80. The van der Waals surface area contributed by atoms with Crippen molar-refractivity contribution in [3.63, 3.8) is 0 Å². The van der Waals surface area contributed by atoms with Crippen LogP contribution in [0.1, 0.15) is 32.1 Å². The zero-order chi connectivity index (χ0) is 12.5. The third-order valence-electron chi connectivity index (χ3n) is 3.26. The number of carbonyl (C=O) groups is 1. The summed E-state index contributed by atoms with van der Waals surface area (Å²) in [6.45, 7) is 10.6. The Kier molecular flexibility index (Phi) is 6.45. The highest BCUT2D eigenvalue weighted by Gasteiger charge is 2.16. The smallest absolute Gasteiger partial charge is 0.226 e. The minimum atomic E-state index is 0.0579. The maximum atomic E-state index is 11.1. The first-order chi connectivity index (χ1) is 8.27. The van der Waals surface area contributed by atoms with Crippen LogP contribution in [0.5, 0.6) is 0 Å². The van der Waals surface area contributed by atoms with Crippen molar-refractivity contribution in [2.45, 2.75) is 32.1 Å². The van der Waals surface area contributed by atoms with Crippen molar-refractivity contribution < 1.29 is 4.79 Å². The molecule has 3 nitrogen and oxygen atoms in total. The van der Waals surface area contributed by atoms with Crippen molar-refractivity contribution in [1.82, 2.24) is 10.2 Å². The Morgan fingerprint density at radius 1 is 1.18 bits per heavy atom. The summed E-state index contributed by atoms with van der Waals surface area (Å²) in [5.41, 5.74) is 0. The molecule has 96 valence electrons. The van der Waals surface area contributed by atoms with Gasteiger partial charge >= 0.3 is 0 Å². The average Bonchev–Trinajstić information content (AvgIpc) is 2.79. The van der Waals surface area contributed by atoms with Crippen molar-refractivity contribution in [3.05, 3.63) is 25.4 Å². The zero-order valence-corrected chi connectivity index (χ0v) is 10.7. The summed E-state index contributed by atoms with van der Waals surface area (Å²) in [5, 5.41) is 2.84. The molecule has 1 unspecified atom stereocenters. The van der Waals surface area contributed by atoms with Gasteiger partial charge in [0.25, 0.3) is 0 Å². The molecule has 0 aromatic rings. The van der Waals surface area contributed by atoms with Gasteiger partial charge in [-0.3, -0.25) is 4.79 Å². The lowest BCUT2D eigenvalue weighted by molar-refractivity contribution is -0.123. The molecule has 0 aromatic heterocycles. The lowest BCUT2D eigenvalue weighted by atomic mass is 10.0. The largest absolute Gasteiger partial charge is 0.378 e. The summed E-state index contributed by atoms with van der Waals surface area (Å²) in [4.78, 5) is 13.3. The lowest BCUT2D eigenvalue weighted by Crippen LogP contribution is -2.27. The van der Waals surface area contributed by atoms with Crippen molar-refractivity contribution in [3.8, 4) is 0 Å². The number of likely N-dealkylation sites (tertiary alicyclic amines) is 1. The van der Waals surface area contributed by atoms with Gasteiger partial charge in [-0.25, -0.2) is 0 Å². The monoisotopic (exact) mass is 236 g/mol. The summed E-state index contributed by atoms with van der Waals surface area (Å²) in [7, 11) is 0. The molecule has 17 heavy (non-hydrogen) atoms. The van der Waals surface area contributed by atoms with Gasteiger partial charge in [0, 0.05) is 19.6 Å². The van der Waals surface area contributed by atoms with Gasteiger partial charge in [-0.2, -0.15) is 0 Å². The Labute approximate surface area is 105 Å². The quantitative estimate of drug-likeness (QED) is 0.746. The molecule has 2 aliphatic heterocycles. The van der Waals surface area contributed by atoms with Crippen LogP contribution in [0.15, 0.2) is 25.4 Å². The van der Waals surface area contributed by atoms with Gasteiger partial charge in [0.2, 0.25) is 5.91 Å². The molecular formula is C14H24N2O. The van der Waals surface area contributed by atoms with Gasteiger partial charge in [0.1, 0.15) is 0 Å². The molecule has 1 atom stereocenters. The fourth-order valence-corrected chi connectivity index (χ4v) is 2.11. The van der Waals surface area contributed by atoms with Crippen LogP contribution in [0.3, 0.4) is 0 Å². The normalized spacial score (nSPS) is 24.1. The predicted octanol–water partition coefficient (Wildman–Crippen LogP) is 2.31. The summed E-state index contributed by atoms with van der Waals surface area (Å²) < 4.78 is 0. The zero-order valence-electron chi connectivity index (χ0n) is 10.7. The number of carbonyl (C=O) groups excluding carboxylic acids is 1. The number of rotatable bonds is 2.